The van der Waals surface area contributed by atoms with Gasteiger partial charge in [-0.25, -0.2) is 4.98 Å². The molecule has 0 unspecified atom stereocenters. The summed E-state index contributed by atoms with van der Waals surface area (Å²) in [7, 11) is 0. The Morgan fingerprint density at radius 3 is 2.74 bits per heavy atom. The van der Waals surface area contributed by atoms with E-state index in [1.165, 1.54) is 6.08 Å². The van der Waals surface area contributed by atoms with Crippen molar-refractivity contribution in [1.29, 1.82) is 0 Å². The van der Waals surface area contributed by atoms with E-state index >= 15 is 0 Å². The van der Waals surface area contributed by atoms with E-state index in [0.29, 0.717) is 16.4 Å². The lowest BCUT2D eigenvalue weighted by Gasteiger charge is -2.07. The smallest absolute Gasteiger partial charge is 0.248 e. The van der Waals surface area contributed by atoms with Crippen LogP contribution in [0.4, 0.5) is 5.69 Å². The summed E-state index contributed by atoms with van der Waals surface area (Å²) < 4.78 is 0. The Bertz CT molecular complexity index is 906. The molecule has 3 rings (SSSR count). The van der Waals surface area contributed by atoms with Crippen molar-refractivity contribution in [2.75, 3.05) is 5.32 Å². The highest BCUT2D eigenvalue weighted by Crippen LogP contribution is 2.22. The molecule has 1 heterocycles. The molecule has 0 aliphatic rings. The molecule has 0 aliphatic carbocycles. The lowest BCUT2D eigenvalue weighted by molar-refractivity contribution is -0.111. The van der Waals surface area contributed by atoms with Gasteiger partial charge in [-0.2, -0.15) is 0 Å². The highest BCUT2D eigenvalue weighted by atomic mass is 35.5. The molecule has 114 valence electrons. The van der Waals surface area contributed by atoms with Crippen LogP contribution in [-0.2, 0) is 4.79 Å². The first-order valence-electron chi connectivity index (χ1n) is 7.09. The van der Waals surface area contributed by atoms with Gasteiger partial charge in [-0.15, -0.1) is 0 Å². The summed E-state index contributed by atoms with van der Waals surface area (Å²) in [5, 5.41) is 3.42. The van der Waals surface area contributed by atoms with Gasteiger partial charge in [0.05, 0.1) is 22.9 Å². The van der Waals surface area contributed by atoms with Crippen molar-refractivity contribution >= 4 is 40.3 Å². The van der Waals surface area contributed by atoms with Gasteiger partial charge in [-0.3, -0.25) is 9.78 Å². The van der Waals surface area contributed by atoms with Crippen molar-refractivity contribution in [2.24, 2.45) is 0 Å². The van der Waals surface area contributed by atoms with Gasteiger partial charge >= 0.3 is 0 Å². The minimum absolute atomic E-state index is 0.245. The molecule has 0 radical (unpaired) electrons. The van der Waals surface area contributed by atoms with E-state index in [0.717, 1.165) is 16.6 Å². The number of hydrogen-bond acceptors (Lipinski definition) is 3. The van der Waals surface area contributed by atoms with Crippen LogP contribution in [0.3, 0.4) is 0 Å². The number of para-hydroxylation sites is 2. The van der Waals surface area contributed by atoms with Gasteiger partial charge in [-0.1, -0.05) is 29.8 Å². The Morgan fingerprint density at radius 2 is 1.91 bits per heavy atom. The summed E-state index contributed by atoms with van der Waals surface area (Å²) in [6, 6.07) is 13.0. The van der Waals surface area contributed by atoms with Crippen LogP contribution >= 0.6 is 11.6 Å². The zero-order chi connectivity index (χ0) is 16.2. The van der Waals surface area contributed by atoms with Crippen LogP contribution in [0.15, 0.2) is 54.7 Å². The van der Waals surface area contributed by atoms with Gasteiger partial charge in [-0.05, 0) is 42.8 Å². The Hall–Kier alpha value is -2.72. The molecule has 0 aliphatic heterocycles. The van der Waals surface area contributed by atoms with Gasteiger partial charge in [0.25, 0.3) is 0 Å². The van der Waals surface area contributed by atoms with Crippen LogP contribution in [-0.4, -0.2) is 15.9 Å². The standard InChI is InChI=1S/C18H14ClN3O/c1-12-14(19)5-4-8-15(12)22-18(23)10-9-13-11-20-16-6-2-3-7-17(16)21-13/h2-11H,1H3,(H,22,23)/b10-9+. The molecule has 2 aromatic carbocycles. The summed E-state index contributed by atoms with van der Waals surface area (Å²) in [6.07, 6.45) is 4.70. The number of benzene rings is 2. The van der Waals surface area contributed by atoms with Crippen molar-refractivity contribution < 1.29 is 4.79 Å². The quantitative estimate of drug-likeness (QED) is 0.733. The van der Waals surface area contributed by atoms with E-state index in [4.69, 9.17) is 11.6 Å². The number of hydrogen-bond donors (Lipinski definition) is 1. The third-order valence-corrected chi connectivity index (χ3v) is 3.81. The molecule has 0 saturated heterocycles. The summed E-state index contributed by atoms with van der Waals surface area (Å²) in [5.41, 5.74) is 3.77. The average Bonchev–Trinajstić information content (AvgIpc) is 2.57. The Kier molecular flexibility index (Phi) is 4.35. The number of carbonyl (C=O) groups excluding carboxylic acids is 1. The van der Waals surface area contributed by atoms with Gasteiger partial charge in [0.15, 0.2) is 0 Å². The normalized spacial score (nSPS) is 11.0. The summed E-state index contributed by atoms with van der Waals surface area (Å²) >= 11 is 6.04. The van der Waals surface area contributed by atoms with E-state index in [9.17, 15) is 4.79 Å². The van der Waals surface area contributed by atoms with Gasteiger partial charge in [0, 0.05) is 16.8 Å². The molecule has 4 nitrogen and oxygen atoms in total. The molecular weight excluding hydrogens is 310 g/mol. The monoisotopic (exact) mass is 323 g/mol. The molecule has 0 spiro atoms. The number of carbonyl (C=O) groups is 1. The highest BCUT2D eigenvalue weighted by molar-refractivity contribution is 6.31. The van der Waals surface area contributed by atoms with E-state index in [1.807, 2.05) is 37.3 Å². The second-order valence-corrected chi connectivity index (χ2v) is 5.43. The fourth-order valence-corrected chi connectivity index (χ4v) is 2.30. The zero-order valence-corrected chi connectivity index (χ0v) is 13.2. The minimum atomic E-state index is -0.245. The Balaban J connectivity index is 1.75. The second-order valence-electron chi connectivity index (χ2n) is 5.02. The number of aromatic nitrogens is 2. The van der Waals surface area contributed by atoms with Crippen molar-refractivity contribution in [3.8, 4) is 0 Å². The molecule has 23 heavy (non-hydrogen) atoms. The third-order valence-electron chi connectivity index (χ3n) is 3.40. The number of halogens is 1. The lowest BCUT2D eigenvalue weighted by atomic mass is 10.2. The molecule has 0 saturated carbocycles. The predicted molar refractivity (Wildman–Crippen MR) is 93.4 cm³/mol. The molecule has 1 amide bonds. The molecular formula is C18H14ClN3O. The number of nitrogens with one attached hydrogen (secondary N) is 1. The van der Waals surface area contributed by atoms with Crippen LogP contribution in [0.1, 0.15) is 11.3 Å². The zero-order valence-electron chi connectivity index (χ0n) is 12.5. The average molecular weight is 324 g/mol. The van der Waals surface area contributed by atoms with Crippen LogP contribution in [0.25, 0.3) is 17.1 Å². The maximum Gasteiger partial charge on any atom is 0.248 e. The molecule has 1 aromatic heterocycles. The van der Waals surface area contributed by atoms with Crippen molar-refractivity contribution in [3.05, 3.63) is 71.0 Å². The first-order valence-corrected chi connectivity index (χ1v) is 7.47. The first-order chi connectivity index (χ1) is 11.1. The van der Waals surface area contributed by atoms with E-state index in [-0.39, 0.29) is 5.91 Å². The first kappa shape index (κ1) is 15.2. The topological polar surface area (TPSA) is 54.9 Å². The number of amides is 1. The Labute approximate surface area is 138 Å². The minimum Gasteiger partial charge on any atom is -0.322 e. The highest BCUT2D eigenvalue weighted by Gasteiger charge is 2.04. The molecule has 5 heteroatoms. The van der Waals surface area contributed by atoms with E-state index < -0.39 is 0 Å². The van der Waals surface area contributed by atoms with Crippen LogP contribution in [0.2, 0.25) is 5.02 Å². The van der Waals surface area contributed by atoms with Gasteiger partial charge < -0.3 is 5.32 Å². The van der Waals surface area contributed by atoms with Crippen LogP contribution in [0, 0.1) is 6.92 Å². The number of nitrogens with zero attached hydrogens (tertiary/aromatic N) is 2. The maximum absolute atomic E-state index is 12.0. The molecule has 3 aromatic rings. The number of fused-ring (bicyclic) bond motifs is 1. The predicted octanol–water partition coefficient (Wildman–Crippen LogP) is 4.24. The SMILES string of the molecule is Cc1c(Cl)cccc1NC(=O)/C=C/c1cnc2ccccc2n1. The lowest BCUT2D eigenvalue weighted by Crippen LogP contribution is -2.09. The number of rotatable bonds is 3. The van der Waals surface area contributed by atoms with E-state index in [2.05, 4.69) is 15.3 Å². The Morgan fingerprint density at radius 1 is 1.13 bits per heavy atom. The fraction of sp³-hybridized carbons (Fsp3) is 0.0556. The van der Waals surface area contributed by atoms with Crippen LogP contribution in [0.5, 0.6) is 0 Å². The third kappa shape index (κ3) is 3.55. The van der Waals surface area contributed by atoms with Crippen LogP contribution < -0.4 is 5.32 Å². The molecule has 1 N–H and O–H groups in total. The van der Waals surface area contributed by atoms with Gasteiger partial charge in [0.2, 0.25) is 5.91 Å². The maximum atomic E-state index is 12.0. The molecule has 0 atom stereocenters. The summed E-state index contributed by atoms with van der Waals surface area (Å²) in [5.74, 6) is -0.245. The van der Waals surface area contributed by atoms with Crippen molar-refractivity contribution in [2.45, 2.75) is 6.92 Å². The molecule has 0 bridgehead atoms. The number of anilines is 1. The summed E-state index contributed by atoms with van der Waals surface area (Å²) in [6.45, 7) is 1.86. The van der Waals surface area contributed by atoms with Gasteiger partial charge in [0.1, 0.15) is 0 Å². The van der Waals surface area contributed by atoms with Crippen molar-refractivity contribution in [3.63, 3.8) is 0 Å². The van der Waals surface area contributed by atoms with E-state index in [1.54, 1.807) is 24.4 Å². The fourth-order valence-electron chi connectivity index (χ4n) is 2.13. The molecule has 0 fully saturated rings. The van der Waals surface area contributed by atoms with Crippen molar-refractivity contribution in [1.82, 2.24) is 9.97 Å². The largest absolute Gasteiger partial charge is 0.322 e. The summed E-state index contributed by atoms with van der Waals surface area (Å²) in [4.78, 5) is 20.8. The second kappa shape index (κ2) is 6.58.